The molecule has 0 fully saturated rings. The summed E-state index contributed by atoms with van der Waals surface area (Å²) in [7, 11) is 0. The number of aromatic hydroxyl groups is 1. The lowest BCUT2D eigenvalue weighted by Gasteiger charge is -2.23. The van der Waals surface area contributed by atoms with Gasteiger partial charge in [-0.25, -0.2) is 9.59 Å². The van der Waals surface area contributed by atoms with Gasteiger partial charge in [-0.2, -0.15) is 0 Å². The molecule has 0 saturated carbocycles. The molecule has 2 amide bonds. The predicted octanol–water partition coefficient (Wildman–Crippen LogP) is 3.16. The van der Waals surface area contributed by atoms with Crippen molar-refractivity contribution in [1.29, 1.82) is 0 Å². The number of carbonyl (C=O) groups excluding carboxylic acids is 2. The predicted molar refractivity (Wildman–Crippen MR) is 107 cm³/mol. The van der Waals surface area contributed by atoms with Crippen molar-refractivity contribution in [3.63, 3.8) is 0 Å². The van der Waals surface area contributed by atoms with Crippen LogP contribution in [0.5, 0.6) is 5.75 Å². The molecular weight excluding hydrogens is 376 g/mol. The molecule has 1 atom stereocenters. The summed E-state index contributed by atoms with van der Waals surface area (Å²) >= 11 is 0. The highest BCUT2D eigenvalue weighted by molar-refractivity contribution is 5.99. The number of rotatable bonds is 6. The highest BCUT2D eigenvalue weighted by atomic mass is 16.6. The summed E-state index contributed by atoms with van der Waals surface area (Å²) in [6.07, 6.45) is -0.595. The van der Waals surface area contributed by atoms with E-state index in [0.29, 0.717) is 0 Å². The summed E-state index contributed by atoms with van der Waals surface area (Å²) in [6.45, 7) is 5.11. The number of hydrogen-bond donors (Lipinski definition) is 4. The molecule has 8 nitrogen and oxygen atoms in total. The summed E-state index contributed by atoms with van der Waals surface area (Å²) in [5, 5.41) is 24.0. The van der Waals surface area contributed by atoms with Gasteiger partial charge in [0.1, 0.15) is 17.4 Å². The van der Waals surface area contributed by atoms with Crippen molar-refractivity contribution in [3.8, 4) is 5.75 Å². The van der Waals surface area contributed by atoms with Gasteiger partial charge in [0.05, 0.1) is 11.3 Å². The van der Waals surface area contributed by atoms with Crippen LogP contribution in [-0.2, 0) is 16.0 Å². The second-order valence-corrected chi connectivity index (χ2v) is 7.41. The zero-order valence-electron chi connectivity index (χ0n) is 16.4. The molecule has 2 aromatic carbocycles. The second kappa shape index (κ2) is 9.09. The summed E-state index contributed by atoms with van der Waals surface area (Å²) in [6, 6.07) is 11.6. The molecule has 29 heavy (non-hydrogen) atoms. The van der Waals surface area contributed by atoms with Crippen molar-refractivity contribution in [2.24, 2.45) is 0 Å². The number of carbonyl (C=O) groups is 3. The summed E-state index contributed by atoms with van der Waals surface area (Å²) < 4.78 is 5.22. The largest absolute Gasteiger partial charge is 0.506 e. The Labute approximate surface area is 168 Å². The average Bonchev–Trinajstić information content (AvgIpc) is 2.62. The molecule has 8 heteroatoms. The Morgan fingerprint density at radius 3 is 2.31 bits per heavy atom. The molecule has 2 rings (SSSR count). The van der Waals surface area contributed by atoms with Crippen LogP contribution in [0.3, 0.4) is 0 Å². The van der Waals surface area contributed by atoms with Crippen LogP contribution in [0, 0.1) is 0 Å². The van der Waals surface area contributed by atoms with Crippen LogP contribution in [0.25, 0.3) is 0 Å². The Balaban J connectivity index is 2.23. The maximum Gasteiger partial charge on any atom is 0.408 e. The summed E-state index contributed by atoms with van der Waals surface area (Å²) in [5.41, 5.74) is -0.115. The Morgan fingerprint density at radius 2 is 1.72 bits per heavy atom. The zero-order chi connectivity index (χ0) is 21.6. The number of nitrogens with one attached hydrogen (secondary N) is 2. The van der Waals surface area contributed by atoms with Crippen LogP contribution >= 0.6 is 0 Å². The van der Waals surface area contributed by atoms with Gasteiger partial charge in [0.15, 0.2) is 0 Å². The monoisotopic (exact) mass is 400 g/mol. The fourth-order valence-corrected chi connectivity index (χ4v) is 2.50. The minimum absolute atomic E-state index is 0.0704. The third-order valence-corrected chi connectivity index (χ3v) is 3.79. The SMILES string of the molecule is CC(C)(C)OC(=O)NC(Cc1ccccc1)C(=O)Nc1cc(C(=O)O)ccc1O. The molecule has 0 saturated heterocycles. The van der Waals surface area contributed by atoms with E-state index in [-0.39, 0.29) is 23.4 Å². The van der Waals surface area contributed by atoms with Crippen LogP contribution in [0.2, 0.25) is 0 Å². The van der Waals surface area contributed by atoms with E-state index in [0.717, 1.165) is 11.6 Å². The first-order valence-electron chi connectivity index (χ1n) is 8.96. The van der Waals surface area contributed by atoms with Crippen LogP contribution in [-0.4, -0.2) is 39.8 Å². The fraction of sp³-hybridized carbons (Fsp3) is 0.286. The van der Waals surface area contributed by atoms with E-state index in [9.17, 15) is 19.5 Å². The van der Waals surface area contributed by atoms with Crippen molar-refractivity contribution >= 4 is 23.7 Å². The van der Waals surface area contributed by atoms with Crippen LogP contribution in [0.1, 0.15) is 36.7 Å². The van der Waals surface area contributed by atoms with Gasteiger partial charge in [0, 0.05) is 6.42 Å². The van der Waals surface area contributed by atoms with Crippen LogP contribution in [0.4, 0.5) is 10.5 Å². The van der Waals surface area contributed by atoms with Gasteiger partial charge < -0.3 is 25.6 Å². The minimum atomic E-state index is -1.20. The standard InChI is InChI=1S/C21H24N2O6/c1-21(2,3)29-20(28)23-16(11-13-7-5-4-6-8-13)18(25)22-15-12-14(19(26)27)9-10-17(15)24/h4-10,12,16,24H,11H2,1-3H3,(H,22,25)(H,23,28)(H,26,27). The first-order chi connectivity index (χ1) is 13.5. The second-order valence-electron chi connectivity index (χ2n) is 7.41. The number of benzene rings is 2. The molecule has 0 bridgehead atoms. The van der Waals surface area contributed by atoms with E-state index >= 15 is 0 Å². The number of amides is 2. The topological polar surface area (TPSA) is 125 Å². The zero-order valence-corrected chi connectivity index (χ0v) is 16.4. The van der Waals surface area contributed by atoms with Crippen molar-refractivity contribution in [2.75, 3.05) is 5.32 Å². The maximum atomic E-state index is 12.8. The minimum Gasteiger partial charge on any atom is -0.506 e. The molecule has 0 aliphatic carbocycles. The van der Waals surface area contributed by atoms with E-state index in [4.69, 9.17) is 9.84 Å². The van der Waals surface area contributed by atoms with Gasteiger partial charge in [-0.3, -0.25) is 4.79 Å². The lowest BCUT2D eigenvalue weighted by molar-refractivity contribution is -0.118. The van der Waals surface area contributed by atoms with Gasteiger partial charge >= 0.3 is 12.1 Å². The number of anilines is 1. The molecule has 0 spiro atoms. The van der Waals surface area contributed by atoms with Crippen molar-refractivity contribution in [1.82, 2.24) is 5.32 Å². The Morgan fingerprint density at radius 1 is 1.07 bits per heavy atom. The molecular formula is C21H24N2O6. The molecule has 2 aromatic rings. The van der Waals surface area contributed by atoms with Gasteiger partial charge in [-0.05, 0) is 44.5 Å². The number of carboxylic acid groups (broad SMARTS) is 1. The number of carboxylic acids is 1. The Hall–Kier alpha value is -3.55. The number of alkyl carbamates (subject to hydrolysis) is 1. The molecule has 0 aromatic heterocycles. The van der Waals surface area contributed by atoms with Crippen molar-refractivity contribution < 1.29 is 29.3 Å². The van der Waals surface area contributed by atoms with E-state index in [1.807, 2.05) is 6.07 Å². The number of hydrogen-bond acceptors (Lipinski definition) is 5. The summed E-state index contributed by atoms with van der Waals surface area (Å²) in [4.78, 5) is 36.1. The van der Waals surface area contributed by atoms with E-state index in [2.05, 4.69) is 10.6 Å². The quantitative estimate of drug-likeness (QED) is 0.552. The third kappa shape index (κ3) is 6.84. The first-order valence-corrected chi connectivity index (χ1v) is 8.96. The molecule has 0 radical (unpaired) electrons. The van der Waals surface area contributed by atoms with Crippen molar-refractivity contribution in [3.05, 3.63) is 59.7 Å². The number of phenolic OH excluding ortho intramolecular Hbond substituents is 1. The van der Waals surface area contributed by atoms with Gasteiger partial charge in [-0.1, -0.05) is 30.3 Å². The Bertz CT molecular complexity index is 890. The lowest BCUT2D eigenvalue weighted by Crippen LogP contribution is -2.47. The first kappa shape index (κ1) is 21.7. The third-order valence-electron chi connectivity index (χ3n) is 3.79. The van der Waals surface area contributed by atoms with Crippen molar-refractivity contribution in [2.45, 2.75) is 38.8 Å². The number of aromatic carboxylic acids is 1. The molecule has 0 aliphatic rings. The Kier molecular flexibility index (Phi) is 6.82. The number of ether oxygens (including phenoxy) is 1. The molecule has 1 unspecified atom stereocenters. The molecule has 154 valence electrons. The fourth-order valence-electron chi connectivity index (χ4n) is 2.50. The van der Waals surface area contributed by atoms with Gasteiger partial charge in [0.2, 0.25) is 5.91 Å². The highest BCUT2D eigenvalue weighted by Gasteiger charge is 2.25. The smallest absolute Gasteiger partial charge is 0.408 e. The van der Waals surface area contributed by atoms with Crippen LogP contribution < -0.4 is 10.6 Å². The lowest BCUT2D eigenvalue weighted by atomic mass is 10.1. The van der Waals surface area contributed by atoms with Gasteiger partial charge in [0.25, 0.3) is 0 Å². The van der Waals surface area contributed by atoms with Gasteiger partial charge in [-0.15, -0.1) is 0 Å². The molecule has 0 aliphatic heterocycles. The molecule has 4 N–H and O–H groups in total. The normalized spacial score (nSPS) is 12.0. The number of phenols is 1. The van der Waals surface area contributed by atoms with E-state index in [1.165, 1.54) is 12.1 Å². The highest BCUT2D eigenvalue weighted by Crippen LogP contribution is 2.24. The van der Waals surface area contributed by atoms with Crippen LogP contribution in [0.15, 0.2) is 48.5 Å². The van der Waals surface area contributed by atoms with E-state index < -0.39 is 29.6 Å². The maximum absolute atomic E-state index is 12.8. The summed E-state index contributed by atoms with van der Waals surface area (Å²) in [5.74, 6) is -2.12. The average molecular weight is 400 g/mol. The molecule has 0 heterocycles. The van der Waals surface area contributed by atoms with E-state index in [1.54, 1.807) is 45.0 Å².